The van der Waals surface area contributed by atoms with Gasteiger partial charge in [-0.3, -0.25) is 4.79 Å². The molecular formula is C18H17N5O4. The van der Waals surface area contributed by atoms with E-state index >= 15 is 0 Å². The van der Waals surface area contributed by atoms with E-state index in [9.17, 15) is 9.59 Å². The second-order valence-electron chi connectivity index (χ2n) is 6.14. The molecule has 1 aliphatic rings. The monoisotopic (exact) mass is 367 g/mol. The van der Waals surface area contributed by atoms with Gasteiger partial charge in [-0.25, -0.2) is 4.79 Å². The van der Waals surface area contributed by atoms with Crippen LogP contribution >= 0.6 is 0 Å². The van der Waals surface area contributed by atoms with E-state index in [1.165, 1.54) is 11.7 Å². The van der Waals surface area contributed by atoms with Crippen molar-refractivity contribution in [3.05, 3.63) is 59.0 Å². The minimum atomic E-state index is -0.776. The highest BCUT2D eigenvalue weighted by atomic mass is 16.6. The van der Waals surface area contributed by atoms with Gasteiger partial charge < -0.3 is 14.8 Å². The first kappa shape index (κ1) is 16.8. The molecule has 9 heteroatoms. The summed E-state index contributed by atoms with van der Waals surface area (Å²) in [5, 5.41) is 10.2. The molecule has 2 unspecified atom stereocenters. The normalized spacial score (nSPS) is 18.1. The van der Waals surface area contributed by atoms with E-state index in [0.717, 1.165) is 4.68 Å². The number of nitrogens with one attached hydrogen (secondary N) is 1. The Bertz CT molecular complexity index is 1040. The van der Waals surface area contributed by atoms with E-state index < -0.39 is 12.2 Å². The quantitative estimate of drug-likeness (QED) is 0.745. The van der Waals surface area contributed by atoms with Gasteiger partial charge in [0.25, 0.3) is 5.91 Å². The lowest BCUT2D eigenvalue weighted by molar-refractivity contribution is -0.128. The molecule has 0 spiro atoms. The molecule has 0 bridgehead atoms. The summed E-state index contributed by atoms with van der Waals surface area (Å²) in [5.41, 5.74) is 0.757. The van der Waals surface area contributed by atoms with Crippen molar-refractivity contribution in [3.8, 4) is 17.2 Å². The minimum Gasteiger partial charge on any atom is -0.482 e. The van der Waals surface area contributed by atoms with Gasteiger partial charge >= 0.3 is 5.69 Å². The van der Waals surface area contributed by atoms with Crippen LogP contribution in [0.1, 0.15) is 6.92 Å². The van der Waals surface area contributed by atoms with Crippen molar-refractivity contribution in [1.82, 2.24) is 19.8 Å². The Labute approximate surface area is 154 Å². The number of rotatable bonds is 3. The Kier molecular flexibility index (Phi) is 4.11. The number of benzene rings is 2. The molecule has 2 aromatic carbocycles. The predicted molar refractivity (Wildman–Crippen MR) is 96.2 cm³/mol. The molecule has 0 saturated heterocycles. The fourth-order valence-corrected chi connectivity index (χ4v) is 2.78. The average Bonchev–Trinajstić information content (AvgIpc) is 3.00. The summed E-state index contributed by atoms with van der Waals surface area (Å²) in [6, 6.07) is 13.9. The number of amides is 1. The molecular weight excluding hydrogens is 350 g/mol. The van der Waals surface area contributed by atoms with Crippen molar-refractivity contribution < 1.29 is 14.3 Å². The number of anilines is 1. The highest BCUT2D eigenvalue weighted by Crippen LogP contribution is 2.33. The number of carbonyl (C=O) groups excluding carboxylic acids is 1. The van der Waals surface area contributed by atoms with Crippen LogP contribution in [-0.4, -0.2) is 37.9 Å². The molecule has 1 N–H and O–H groups in total. The number of fused-ring (bicyclic) bond motifs is 1. The third-order valence-electron chi connectivity index (χ3n) is 4.20. The number of nitrogens with zero attached hydrogens (tertiary/aromatic N) is 4. The Hall–Kier alpha value is -3.62. The fraction of sp³-hybridized carbons (Fsp3) is 0.222. The van der Waals surface area contributed by atoms with Crippen molar-refractivity contribution in [2.24, 2.45) is 7.05 Å². The zero-order valence-corrected chi connectivity index (χ0v) is 14.7. The smallest absolute Gasteiger partial charge is 0.368 e. The first-order valence-electron chi connectivity index (χ1n) is 8.35. The first-order valence-corrected chi connectivity index (χ1v) is 8.35. The standard InChI is InChI=1S/C18H17N5O4/c1-11-16(27-15-6-4-3-5-14(15)26-11)17(24)19-12-7-9-13(10-8-12)23-18(25)22(2)20-21-23/h3-11,16H,1-2H3,(H,19,24). The number of carbonyl (C=O) groups is 1. The average molecular weight is 367 g/mol. The molecule has 27 heavy (non-hydrogen) atoms. The number of hydrogen-bond acceptors (Lipinski definition) is 6. The third-order valence-corrected chi connectivity index (χ3v) is 4.20. The van der Waals surface area contributed by atoms with Crippen molar-refractivity contribution >= 4 is 11.6 Å². The van der Waals surface area contributed by atoms with Crippen molar-refractivity contribution in [2.45, 2.75) is 19.1 Å². The highest BCUT2D eigenvalue weighted by Gasteiger charge is 2.34. The molecule has 1 amide bonds. The number of para-hydroxylation sites is 2. The van der Waals surface area contributed by atoms with Crippen LogP contribution < -0.4 is 20.5 Å². The maximum absolute atomic E-state index is 12.6. The number of aryl methyl sites for hydroxylation is 1. The van der Waals surface area contributed by atoms with Crippen LogP contribution in [0.5, 0.6) is 11.5 Å². The van der Waals surface area contributed by atoms with E-state index in [4.69, 9.17) is 9.47 Å². The zero-order chi connectivity index (χ0) is 19.0. The fourth-order valence-electron chi connectivity index (χ4n) is 2.78. The van der Waals surface area contributed by atoms with Gasteiger partial charge in [0.2, 0.25) is 6.10 Å². The van der Waals surface area contributed by atoms with Crippen LogP contribution in [0.4, 0.5) is 5.69 Å². The van der Waals surface area contributed by atoms with E-state index in [1.807, 2.05) is 12.1 Å². The Morgan fingerprint density at radius 2 is 1.70 bits per heavy atom. The summed E-state index contributed by atoms with van der Waals surface area (Å²) in [6.07, 6.45) is -1.21. The van der Waals surface area contributed by atoms with Crippen molar-refractivity contribution in [1.29, 1.82) is 0 Å². The molecule has 3 aromatic rings. The predicted octanol–water partition coefficient (Wildman–Crippen LogP) is 1.13. The maximum Gasteiger partial charge on any atom is 0.368 e. The Balaban J connectivity index is 1.48. The minimum absolute atomic E-state index is 0.318. The lowest BCUT2D eigenvalue weighted by atomic mass is 10.1. The van der Waals surface area contributed by atoms with Crippen molar-refractivity contribution in [2.75, 3.05) is 5.32 Å². The molecule has 0 saturated carbocycles. The van der Waals surface area contributed by atoms with E-state index in [2.05, 4.69) is 15.7 Å². The molecule has 138 valence electrons. The van der Waals surface area contributed by atoms with Gasteiger partial charge in [0.1, 0.15) is 6.10 Å². The van der Waals surface area contributed by atoms with Crippen molar-refractivity contribution in [3.63, 3.8) is 0 Å². The first-order chi connectivity index (χ1) is 13.0. The number of ether oxygens (including phenoxy) is 2. The van der Waals surface area contributed by atoms with Gasteiger partial charge in [0, 0.05) is 12.7 Å². The molecule has 2 heterocycles. The van der Waals surface area contributed by atoms with Gasteiger partial charge in [0.05, 0.1) is 5.69 Å². The number of aromatic nitrogens is 4. The lowest BCUT2D eigenvalue weighted by Gasteiger charge is -2.31. The number of hydrogen-bond donors (Lipinski definition) is 1. The molecule has 2 atom stereocenters. The van der Waals surface area contributed by atoms with Crippen LogP contribution in [0.3, 0.4) is 0 Å². The second-order valence-corrected chi connectivity index (χ2v) is 6.14. The van der Waals surface area contributed by atoms with Gasteiger partial charge in [-0.15, -0.1) is 0 Å². The van der Waals surface area contributed by atoms with Crippen LogP contribution in [0.2, 0.25) is 0 Å². The third kappa shape index (κ3) is 3.14. The van der Waals surface area contributed by atoms with Crippen LogP contribution in [0, 0.1) is 0 Å². The topological polar surface area (TPSA) is 100 Å². The summed E-state index contributed by atoms with van der Waals surface area (Å²) in [7, 11) is 1.52. The molecule has 4 rings (SSSR count). The molecule has 9 nitrogen and oxygen atoms in total. The molecule has 0 fully saturated rings. The van der Waals surface area contributed by atoms with E-state index in [-0.39, 0.29) is 11.6 Å². The lowest BCUT2D eigenvalue weighted by Crippen LogP contribution is -2.46. The van der Waals surface area contributed by atoms with Gasteiger partial charge in [-0.1, -0.05) is 12.1 Å². The van der Waals surface area contributed by atoms with E-state index in [1.54, 1.807) is 43.3 Å². The summed E-state index contributed by atoms with van der Waals surface area (Å²) in [5.74, 6) is 0.836. The molecule has 0 aliphatic carbocycles. The maximum atomic E-state index is 12.6. The summed E-state index contributed by atoms with van der Waals surface area (Å²) < 4.78 is 13.8. The highest BCUT2D eigenvalue weighted by molar-refractivity contribution is 5.95. The molecule has 1 aromatic heterocycles. The Morgan fingerprint density at radius 1 is 1.04 bits per heavy atom. The van der Waals surface area contributed by atoms with Gasteiger partial charge in [0.15, 0.2) is 11.5 Å². The molecule has 0 radical (unpaired) electrons. The molecule has 1 aliphatic heterocycles. The van der Waals surface area contributed by atoms with Crippen LogP contribution in [0.25, 0.3) is 5.69 Å². The Morgan fingerprint density at radius 3 is 2.33 bits per heavy atom. The summed E-state index contributed by atoms with van der Waals surface area (Å²) in [4.78, 5) is 24.5. The zero-order valence-electron chi connectivity index (χ0n) is 14.7. The van der Waals surface area contributed by atoms with Gasteiger partial charge in [-0.05, 0) is 53.7 Å². The van der Waals surface area contributed by atoms with E-state index in [0.29, 0.717) is 22.9 Å². The van der Waals surface area contributed by atoms with Crippen LogP contribution in [-0.2, 0) is 11.8 Å². The summed E-state index contributed by atoms with van der Waals surface area (Å²) in [6.45, 7) is 1.78. The van der Waals surface area contributed by atoms with Crippen LogP contribution in [0.15, 0.2) is 53.3 Å². The largest absolute Gasteiger partial charge is 0.482 e. The number of tetrazole rings is 1. The SMILES string of the molecule is CC1Oc2ccccc2OC1C(=O)Nc1ccc(-n2nnn(C)c2=O)cc1. The summed E-state index contributed by atoms with van der Waals surface area (Å²) >= 11 is 0. The van der Waals surface area contributed by atoms with Gasteiger partial charge in [-0.2, -0.15) is 9.36 Å². The second kappa shape index (κ2) is 6.60.